The van der Waals surface area contributed by atoms with Crippen LogP contribution in [0.25, 0.3) is 0 Å². The van der Waals surface area contributed by atoms with Crippen molar-refractivity contribution >= 4 is 17.2 Å². The molecule has 2 heterocycles. The van der Waals surface area contributed by atoms with Crippen LogP contribution in [0.3, 0.4) is 0 Å². The molecule has 5 heteroatoms. The van der Waals surface area contributed by atoms with Gasteiger partial charge in [-0.25, -0.2) is 0 Å². The third-order valence-corrected chi connectivity index (χ3v) is 5.11. The summed E-state index contributed by atoms with van der Waals surface area (Å²) < 4.78 is 0. The minimum absolute atomic E-state index is 0.175. The zero-order valence-corrected chi connectivity index (χ0v) is 13.3. The molecule has 2 rings (SSSR count). The highest BCUT2D eigenvalue weighted by atomic mass is 32.1. The highest BCUT2D eigenvalue weighted by molar-refractivity contribution is 7.12. The highest BCUT2D eigenvalue weighted by Crippen LogP contribution is 2.26. The van der Waals surface area contributed by atoms with Crippen molar-refractivity contribution in [2.24, 2.45) is 0 Å². The highest BCUT2D eigenvalue weighted by Gasteiger charge is 2.24. The lowest BCUT2D eigenvalue weighted by molar-refractivity contribution is -0.129. The summed E-state index contributed by atoms with van der Waals surface area (Å²) in [7, 11) is 2.02. The fourth-order valence-corrected chi connectivity index (χ4v) is 3.59. The Balaban J connectivity index is 1.83. The average molecular weight is 296 g/mol. The number of nitrogens with zero attached hydrogens (tertiary/aromatic N) is 2. The van der Waals surface area contributed by atoms with E-state index >= 15 is 0 Å². The summed E-state index contributed by atoms with van der Waals surface area (Å²) in [6.45, 7) is 6.09. The predicted molar refractivity (Wildman–Crippen MR) is 81.9 cm³/mol. The number of rotatable bonds is 6. The average Bonchev–Trinajstić information content (AvgIpc) is 2.98. The summed E-state index contributed by atoms with van der Waals surface area (Å²) in [5.74, 6) is 0.175. The van der Waals surface area contributed by atoms with Gasteiger partial charge in [-0.2, -0.15) is 0 Å². The lowest BCUT2D eigenvalue weighted by Gasteiger charge is -2.28. The van der Waals surface area contributed by atoms with Gasteiger partial charge < -0.3 is 10.0 Å². The Labute approximate surface area is 125 Å². The number of carbonyl (C=O) groups excluding carboxylic acids is 1. The first-order valence-corrected chi connectivity index (χ1v) is 8.01. The maximum Gasteiger partial charge on any atom is 0.222 e. The van der Waals surface area contributed by atoms with Crippen LogP contribution in [0.2, 0.25) is 0 Å². The number of likely N-dealkylation sites (N-methyl/N-ethyl adjacent to an activating group) is 1. The Bertz CT molecular complexity index is 460. The summed E-state index contributed by atoms with van der Waals surface area (Å²) in [6.07, 6.45) is 1.07. The molecule has 0 saturated carbocycles. The van der Waals surface area contributed by atoms with E-state index in [1.165, 1.54) is 9.75 Å². The second-order valence-corrected chi connectivity index (χ2v) is 6.98. The molecule has 1 amide bonds. The van der Waals surface area contributed by atoms with Crippen molar-refractivity contribution in [3.05, 3.63) is 21.9 Å². The molecule has 0 aromatic carbocycles. The number of carbonyl (C=O) groups is 1. The first-order chi connectivity index (χ1) is 9.47. The molecule has 0 aliphatic carbocycles. The van der Waals surface area contributed by atoms with Crippen molar-refractivity contribution in [1.29, 1.82) is 0 Å². The Morgan fingerprint density at radius 2 is 2.25 bits per heavy atom. The number of hydrogen-bond acceptors (Lipinski definition) is 4. The Morgan fingerprint density at radius 1 is 1.50 bits per heavy atom. The fraction of sp³-hybridized carbons (Fsp3) is 0.667. The number of hydrogen-bond donors (Lipinski definition) is 1. The third-order valence-electron chi connectivity index (χ3n) is 3.94. The monoisotopic (exact) mass is 296 g/mol. The van der Waals surface area contributed by atoms with Crippen LogP contribution >= 0.6 is 11.3 Å². The lowest BCUT2D eigenvalue weighted by Crippen LogP contribution is -2.40. The molecule has 1 N–H and O–H groups in total. The van der Waals surface area contributed by atoms with Crippen LogP contribution in [-0.2, 0) is 4.79 Å². The molecule has 2 atom stereocenters. The standard InChI is InChI=1S/C15H24N2O2S/c1-11-6-7-14(20-11)12(2)16(3)9-13(18)10-17-8-4-5-15(17)19/h6-7,12-13,18H,4-5,8-10H2,1-3H3. The van der Waals surface area contributed by atoms with E-state index < -0.39 is 6.10 Å². The van der Waals surface area contributed by atoms with Gasteiger partial charge in [-0.3, -0.25) is 9.69 Å². The van der Waals surface area contributed by atoms with Gasteiger partial charge in [0.25, 0.3) is 0 Å². The number of amides is 1. The van der Waals surface area contributed by atoms with Crippen molar-refractivity contribution in [2.75, 3.05) is 26.7 Å². The van der Waals surface area contributed by atoms with Crippen LogP contribution in [0.4, 0.5) is 0 Å². The summed E-state index contributed by atoms with van der Waals surface area (Å²) in [5.41, 5.74) is 0. The summed E-state index contributed by atoms with van der Waals surface area (Å²) in [5, 5.41) is 10.2. The zero-order chi connectivity index (χ0) is 14.7. The second-order valence-electron chi connectivity index (χ2n) is 5.66. The van der Waals surface area contributed by atoms with E-state index in [2.05, 4.69) is 30.9 Å². The smallest absolute Gasteiger partial charge is 0.222 e. The van der Waals surface area contributed by atoms with Crippen molar-refractivity contribution < 1.29 is 9.90 Å². The van der Waals surface area contributed by atoms with Gasteiger partial charge in [0, 0.05) is 41.9 Å². The van der Waals surface area contributed by atoms with Gasteiger partial charge in [0.15, 0.2) is 0 Å². The van der Waals surface area contributed by atoms with Crippen LogP contribution in [0.15, 0.2) is 12.1 Å². The number of β-amino-alcohol motifs (C(OH)–C–C–N with tert-alkyl or cyclic N) is 1. The van der Waals surface area contributed by atoms with E-state index in [9.17, 15) is 9.90 Å². The third kappa shape index (κ3) is 3.81. The van der Waals surface area contributed by atoms with Crippen LogP contribution in [0.5, 0.6) is 0 Å². The van der Waals surface area contributed by atoms with E-state index in [0.717, 1.165) is 13.0 Å². The molecule has 20 heavy (non-hydrogen) atoms. The second kappa shape index (κ2) is 6.70. The Morgan fingerprint density at radius 3 is 2.80 bits per heavy atom. The van der Waals surface area contributed by atoms with Gasteiger partial charge >= 0.3 is 0 Å². The molecule has 1 saturated heterocycles. The molecule has 1 aromatic heterocycles. The van der Waals surface area contributed by atoms with Crippen molar-refractivity contribution in [2.45, 2.75) is 38.8 Å². The van der Waals surface area contributed by atoms with Gasteiger partial charge in [-0.1, -0.05) is 0 Å². The maximum absolute atomic E-state index is 11.6. The van der Waals surface area contributed by atoms with E-state index in [0.29, 0.717) is 19.5 Å². The summed E-state index contributed by atoms with van der Waals surface area (Å²) >= 11 is 1.80. The Hall–Kier alpha value is -0.910. The molecule has 0 bridgehead atoms. The van der Waals surface area contributed by atoms with E-state index in [1.54, 1.807) is 16.2 Å². The van der Waals surface area contributed by atoms with Gasteiger partial charge in [0.1, 0.15) is 0 Å². The maximum atomic E-state index is 11.6. The molecule has 1 aliphatic rings. The summed E-state index contributed by atoms with van der Waals surface area (Å²) in [6, 6.07) is 4.57. The van der Waals surface area contributed by atoms with Gasteiger partial charge in [0.05, 0.1) is 6.10 Å². The van der Waals surface area contributed by atoms with Gasteiger partial charge in [-0.15, -0.1) is 11.3 Å². The Kier molecular flexibility index (Phi) is 5.18. The lowest BCUT2D eigenvalue weighted by atomic mass is 10.2. The van der Waals surface area contributed by atoms with Gasteiger partial charge in [0.2, 0.25) is 5.91 Å². The molecule has 1 fully saturated rings. The van der Waals surface area contributed by atoms with Crippen molar-refractivity contribution in [1.82, 2.24) is 9.80 Å². The number of aryl methyl sites for hydroxylation is 1. The van der Waals surface area contributed by atoms with Crippen LogP contribution in [-0.4, -0.2) is 53.6 Å². The van der Waals surface area contributed by atoms with Crippen LogP contribution in [0, 0.1) is 6.92 Å². The number of aliphatic hydroxyl groups is 1. The minimum Gasteiger partial charge on any atom is -0.390 e. The van der Waals surface area contributed by atoms with Crippen LogP contribution < -0.4 is 0 Å². The van der Waals surface area contributed by atoms with E-state index in [-0.39, 0.29) is 11.9 Å². The molecule has 1 aliphatic heterocycles. The molecule has 112 valence electrons. The fourth-order valence-electron chi connectivity index (χ4n) is 2.59. The van der Waals surface area contributed by atoms with E-state index in [4.69, 9.17) is 0 Å². The number of thiophene rings is 1. The molecular weight excluding hydrogens is 272 g/mol. The molecule has 0 spiro atoms. The zero-order valence-electron chi connectivity index (χ0n) is 12.5. The molecule has 4 nitrogen and oxygen atoms in total. The quantitative estimate of drug-likeness (QED) is 0.873. The largest absolute Gasteiger partial charge is 0.390 e. The van der Waals surface area contributed by atoms with E-state index in [1.807, 2.05) is 7.05 Å². The first-order valence-electron chi connectivity index (χ1n) is 7.20. The predicted octanol–water partition coefficient (Wildman–Crippen LogP) is 2.03. The molecule has 1 aromatic rings. The topological polar surface area (TPSA) is 43.8 Å². The van der Waals surface area contributed by atoms with Crippen molar-refractivity contribution in [3.63, 3.8) is 0 Å². The number of likely N-dealkylation sites (tertiary alicyclic amines) is 1. The molecular formula is C15H24N2O2S. The number of aliphatic hydroxyl groups excluding tert-OH is 1. The summed E-state index contributed by atoms with van der Waals surface area (Å²) in [4.78, 5) is 18.1. The SMILES string of the molecule is Cc1ccc(C(C)N(C)CC(O)CN2CCCC2=O)s1. The minimum atomic E-state index is -0.481. The molecule has 0 radical (unpaired) electrons. The molecule has 2 unspecified atom stereocenters. The van der Waals surface area contributed by atoms with Crippen molar-refractivity contribution in [3.8, 4) is 0 Å². The first kappa shape index (κ1) is 15.5. The van der Waals surface area contributed by atoms with Gasteiger partial charge in [-0.05, 0) is 39.4 Å². The van der Waals surface area contributed by atoms with Crippen LogP contribution in [0.1, 0.15) is 35.6 Å². The normalized spacial score (nSPS) is 18.9.